The largest absolute Gasteiger partial charge is 0.309 e. The lowest BCUT2D eigenvalue weighted by atomic mass is 9.91. The Morgan fingerprint density at radius 1 is 1.35 bits per heavy atom. The molecule has 0 aromatic carbocycles. The summed E-state index contributed by atoms with van der Waals surface area (Å²) in [7, 11) is -3.36. The van der Waals surface area contributed by atoms with E-state index in [9.17, 15) is 8.42 Å². The van der Waals surface area contributed by atoms with Crippen LogP contribution in [-0.2, 0) is 16.6 Å². The number of rotatable bonds is 8. The molecule has 0 bridgehead atoms. The maximum atomic E-state index is 12.2. The van der Waals surface area contributed by atoms with Crippen molar-refractivity contribution in [3.8, 4) is 0 Å². The van der Waals surface area contributed by atoms with Crippen LogP contribution < -0.4 is 10.0 Å². The van der Waals surface area contributed by atoms with E-state index in [4.69, 9.17) is 0 Å². The molecule has 1 aliphatic rings. The predicted octanol–water partition coefficient (Wildman–Crippen LogP) is 2.71. The standard InChI is InChI=1S/C14H24N2O2S2/c1-4-14(2,3)10-16-20(17,18)13-8-7-12(19-13)9-15-11-5-6-11/h7-8,11,15-16H,4-6,9-10H2,1-3H3. The van der Waals surface area contributed by atoms with E-state index in [2.05, 4.69) is 30.8 Å². The van der Waals surface area contributed by atoms with Gasteiger partial charge in [0.1, 0.15) is 4.21 Å². The highest BCUT2D eigenvalue weighted by Crippen LogP contribution is 2.25. The molecule has 20 heavy (non-hydrogen) atoms. The van der Waals surface area contributed by atoms with Crippen molar-refractivity contribution in [3.05, 3.63) is 17.0 Å². The van der Waals surface area contributed by atoms with E-state index in [1.165, 1.54) is 24.2 Å². The quantitative estimate of drug-likeness (QED) is 0.775. The predicted molar refractivity (Wildman–Crippen MR) is 83.4 cm³/mol. The first kappa shape index (κ1) is 15.9. The molecule has 0 atom stereocenters. The Kier molecular flexibility index (Phi) is 4.89. The summed E-state index contributed by atoms with van der Waals surface area (Å²) in [5, 5.41) is 3.40. The topological polar surface area (TPSA) is 58.2 Å². The Bertz CT molecular complexity index is 545. The molecule has 1 aromatic heterocycles. The molecule has 0 unspecified atom stereocenters. The molecule has 2 N–H and O–H groups in total. The van der Waals surface area contributed by atoms with Crippen molar-refractivity contribution < 1.29 is 8.42 Å². The van der Waals surface area contributed by atoms with Crippen molar-refractivity contribution in [1.29, 1.82) is 0 Å². The van der Waals surface area contributed by atoms with Gasteiger partial charge in [0, 0.05) is 24.0 Å². The third-order valence-electron chi connectivity index (χ3n) is 3.74. The highest BCUT2D eigenvalue weighted by molar-refractivity contribution is 7.91. The van der Waals surface area contributed by atoms with Crippen LogP contribution in [0.25, 0.3) is 0 Å². The van der Waals surface area contributed by atoms with Crippen molar-refractivity contribution >= 4 is 21.4 Å². The van der Waals surface area contributed by atoms with E-state index in [-0.39, 0.29) is 5.41 Å². The van der Waals surface area contributed by atoms with Gasteiger partial charge in [-0.2, -0.15) is 0 Å². The van der Waals surface area contributed by atoms with Crippen LogP contribution in [0.3, 0.4) is 0 Å². The Morgan fingerprint density at radius 2 is 2.05 bits per heavy atom. The Morgan fingerprint density at radius 3 is 2.65 bits per heavy atom. The fraction of sp³-hybridized carbons (Fsp3) is 0.714. The zero-order valence-corrected chi connectivity index (χ0v) is 14.0. The fourth-order valence-corrected chi connectivity index (χ4v) is 4.21. The van der Waals surface area contributed by atoms with E-state index in [0.717, 1.165) is 17.8 Å². The number of hydrogen-bond donors (Lipinski definition) is 2. The van der Waals surface area contributed by atoms with Gasteiger partial charge in [0.15, 0.2) is 0 Å². The van der Waals surface area contributed by atoms with E-state index in [0.29, 0.717) is 16.8 Å². The molecule has 0 aliphatic heterocycles. The molecule has 0 spiro atoms. The molecule has 2 rings (SSSR count). The zero-order chi connectivity index (χ0) is 14.8. The molecule has 1 saturated carbocycles. The summed E-state index contributed by atoms with van der Waals surface area (Å²) in [4.78, 5) is 1.08. The monoisotopic (exact) mass is 316 g/mol. The first-order chi connectivity index (χ1) is 9.32. The minimum atomic E-state index is -3.36. The Hall–Kier alpha value is -0.430. The normalized spacial score (nSPS) is 16.6. The summed E-state index contributed by atoms with van der Waals surface area (Å²) >= 11 is 1.35. The molecule has 6 heteroatoms. The van der Waals surface area contributed by atoms with Crippen LogP contribution in [0.4, 0.5) is 0 Å². The van der Waals surface area contributed by atoms with Gasteiger partial charge in [-0.25, -0.2) is 13.1 Å². The second-order valence-corrected chi connectivity index (χ2v) is 9.38. The molecule has 0 radical (unpaired) electrons. The summed E-state index contributed by atoms with van der Waals surface area (Å²) in [5.74, 6) is 0. The van der Waals surface area contributed by atoms with Crippen LogP contribution in [0.1, 0.15) is 44.9 Å². The lowest BCUT2D eigenvalue weighted by molar-refractivity contribution is 0.350. The van der Waals surface area contributed by atoms with Crippen molar-refractivity contribution in [2.45, 2.75) is 56.8 Å². The third-order valence-corrected chi connectivity index (χ3v) is 6.72. The summed E-state index contributed by atoms with van der Waals surface area (Å²) in [5.41, 5.74) is -0.0132. The SMILES string of the molecule is CCC(C)(C)CNS(=O)(=O)c1ccc(CNC2CC2)s1. The highest BCUT2D eigenvalue weighted by atomic mass is 32.2. The Labute approximate surface area is 126 Å². The van der Waals surface area contributed by atoms with Gasteiger partial charge in [-0.05, 0) is 36.8 Å². The number of hydrogen-bond acceptors (Lipinski definition) is 4. The maximum absolute atomic E-state index is 12.2. The summed E-state index contributed by atoms with van der Waals surface area (Å²) in [6, 6.07) is 4.25. The average molecular weight is 316 g/mol. The Balaban J connectivity index is 1.94. The highest BCUT2D eigenvalue weighted by Gasteiger charge is 2.23. The molecule has 0 saturated heterocycles. The van der Waals surface area contributed by atoms with Gasteiger partial charge in [-0.15, -0.1) is 11.3 Å². The molecule has 0 amide bonds. The molecular weight excluding hydrogens is 292 g/mol. The van der Waals surface area contributed by atoms with Crippen molar-refractivity contribution in [2.24, 2.45) is 5.41 Å². The molecule has 4 nitrogen and oxygen atoms in total. The summed E-state index contributed by atoms with van der Waals surface area (Å²) in [6.45, 7) is 7.44. The molecule has 1 fully saturated rings. The lowest BCUT2D eigenvalue weighted by Crippen LogP contribution is -2.33. The van der Waals surface area contributed by atoms with Gasteiger partial charge in [-0.1, -0.05) is 20.8 Å². The maximum Gasteiger partial charge on any atom is 0.250 e. The number of thiophene rings is 1. The molecule has 114 valence electrons. The number of sulfonamides is 1. The van der Waals surface area contributed by atoms with Crippen LogP contribution in [-0.4, -0.2) is 21.0 Å². The van der Waals surface area contributed by atoms with Crippen LogP contribution in [0, 0.1) is 5.41 Å². The van der Waals surface area contributed by atoms with Gasteiger partial charge in [0.2, 0.25) is 10.0 Å². The summed E-state index contributed by atoms with van der Waals surface area (Å²) < 4.78 is 27.6. The zero-order valence-electron chi connectivity index (χ0n) is 12.4. The van der Waals surface area contributed by atoms with Crippen molar-refractivity contribution in [2.75, 3.05) is 6.54 Å². The van der Waals surface area contributed by atoms with E-state index in [1.807, 2.05) is 6.07 Å². The van der Waals surface area contributed by atoms with E-state index < -0.39 is 10.0 Å². The first-order valence-corrected chi connectivity index (χ1v) is 9.44. The van der Waals surface area contributed by atoms with Crippen LogP contribution in [0.2, 0.25) is 0 Å². The molecular formula is C14H24N2O2S2. The minimum absolute atomic E-state index is 0.0132. The van der Waals surface area contributed by atoms with Gasteiger partial charge in [-0.3, -0.25) is 0 Å². The fourth-order valence-electron chi connectivity index (χ4n) is 1.62. The van der Waals surface area contributed by atoms with Gasteiger partial charge in [0.25, 0.3) is 0 Å². The molecule has 1 aromatic rings. The van der Waals surface area contributed by atoms with E-state index >= 15 is 0 Å². The van der Waals surface area contributed by atoms with E-state index in [1.54, 1.807) is 6.07 Å². The minimum Gasteiger partial charge on any atom is -0.309 e. The summed E-state index contributed by atoms with van der Waals surface area (Å²) in [6.07, 6.45) is 3.42. The van der Waals surface area contributed by atoms with Gasteiger partial charge >= 0.3 is 0 Å². The van der Waals surface area contributed by atoms with Crippen LogP contribution in [0.15, 0.2) is 16.3 Å². The lowest BCUT2D eigenvalue weighted by Gasteiger charge is -2.22. The van der Waals surface area contributed by atoms with Gasteiger partial charge in [0.05, 0.1) is 0 Å². The smallest absolute Gasteiger partial charge is 0.250 e. The second-order valence-electron chi connectivity index (χ2n) is 6.22. The molecule has 1 heterocycles. The van der Waals surface area contributed by atoms with Gasteiger partial charge < -0.3 is 5.32 Å². The average Bonchev–Trinajstić information content (AvgIpc) is 3.10. The van der Waals surface area contributed by atoms with Crippen LogP contribution in [0.5, 0.6) is 0 Å². The molecule has 1 aliphatic carbocycles. The van der Waals surface area contributed by atoms with Crippen molar-refractivity contribution in [1.82, 2.24) is 10.0 Å². The number of nitrogens with one attached hydrogen (secondary N) is 2. The third kappa shape index (κ3) is 4.55. The van der Waals surface area contributed by atoms with Crippen molar-refractivity contribution in [3.63, 3.8) is 0 Å². The first-order valence-electron chi connectivity index (χ1n) is 7.14. The second kappa shape index (κ2) is 6.13. The van der Waals surface area contributed by atoms with Crippen LogP contribution >= 0.6 is 11.3 Å².